The van der Waals surface area contributed by atoms with Crippen molar-refractivity contribution in [1.82, 2.24) is 5.32 Å². The maximum Gasteiger partial charge on any atom is 0.407 e. The van der Waals surface area contributed by atoms with Gasteiger partial charge in [0.1, 0.15) is 5.60 Å². The van der Waals surface area contributed by atoms with Crippen LogP contribution in [0.2, 0.25) is 0 Å². The molecule has 1 heterocycles. The van der Waals surface area contributed by atoms with Gasteiger partial charge in [-0.15, -0.1) is 0 Å². The zero-order valence-electron chi connectivity index (χ0n) is 11.3. The molecule has 2 atom stereocenters. The topological polar surface area (TPSA) is 64.6 Å². The lowest BCUT2D eigenvalue weighted by Crippen LogP contribution is -2.48. The van der Waals surface area contributed by atoms with Crippen LogP contribution in [0.4, 0.5) is 4.79 Å². The highest BCUT2D eigenvalue weighted by Gasteiger charge is 2.34. The van der Waals surface area contributed by atoms with E-state index in [1.165, 1.54) is 7.11 Å². The summed E-state index contributed by atoms with van der Waals surface area (Å²) in [5.74, 6) is 1.03. The van der Waals surface area contributed by atoms with E-state index in [1.807, 2.05) is 0 Å². The molecule has 0 aromatic heterocycles. The fraction of sp³-hybridized carbons (Fsp3) is 0.833. The number of nitrogens with one attached hydrogen (secondary N) is 1. The van der Waals surface area contributed by atoms with Gasteiger partial charge in [0.25, 0.3) is 0 Å². The molecule has 5 nitrogen and oxygen atoms in total. The first-order valence-corrected chi connectivity index (χ1v) is 7.14. The van der Waals surface area contributed by atoms with Crippen LogP contribution in [-0.4, -0.2) is 42.3 Å². The summed E-state index contributed by atoms with van der Waals surface area (Å²) in [6, 6.07) is -0.200. The van der Waals surface area contributed by atoms with Crippen molar-refractivity contribution in [2.45, 2.75) is 38.8 Å². The molecule has 18 heavy (non-hydrogen) atoms. The lowest BCUT2D eigenvalue weighted by atomic mass is 9.99. The predicted octanol–water partition coefficient (Wildman–Crippen LogP) is 1.81. The van der Waals surface area contributed by atoms with Gasteiger partial charge < -0.3 is 14.8 Å². The van der Waals surface area contributed by atoms with Crippen LogP contribution in [0, 0.1) is 5.92 Å². The predicted molar refractivity (Wildman–Crippen MR) is 70.6 cm³/mol. The van der Waals surface area contributed by atoms with Crippen LogP contribution in [0.1, 0.15) is 27.2 Å². The summed E-state index contributed by atoms with van der Waals surface area (Å²) in [6.07, 6.45) is 0.275. The molecule has 1 N–H and O–H groups in total. The maximum atomic E-state index is 11.7. The first-order valence-electron chi connectivity index (χ1n) is 5.98. The normalized spacial score (nSPS) is 24.2. The molecule has 104 valence electrons. The molecule has 1 amide bonds. The fourth-order valence-corrected chi connectivity index (χ4v) is 2.96. The summed E-state index contributed by atoms with van der Waals surface area (Å²) in [5, 5.41) is 2.77. The van der Waals surface area contributed by atoms with Crippen LogP contribution in [0.25, 0.3) is 0 Å². The number of ether oxygens (including phenoxy) is 2. The van der Waals surface area contributed by atoms with Crippen molar-refractivity contribution in [2.24, 2.45) is 5.92 Å². The Morgan fingerprint density at radius 2 is 2.00 bits per heavy atom. The number of rotatable bonds is 2. The van der Waals surface area contributed by atoms with E-state index in [2.05, 4.69) is 5.32 Å². The molecule has 0 aromatic carbocycles. The molecule has 0 unspecified atom stereocenters. The average molecular weight is 275 g/mol. The highest BCUT2D eigenvalue weighted by Crippen LogP contribution is 2.24. The highest BCUT2D eigenvalue weighted by atomic mass is 32.2. The second-order valence-corrected chi connectivity index (χ2v) is 6.40. The molecule has 0 aliphatic carbocycles. The number of thioether (sulfide) groups is 1. The molecule has 1 fully saturated rings. The van der Waals surface area contributed by atoms with E-state index in [1.54, 1.807) is 32.5 Å². The number of esters is 1. The smallest absolute Gasteiger partial charge is 0.407 e. The second kappa shape index (κ2) is 6.31. The number of methoxy groups -OCH3 is 1. The Morgan fingerprint density at radius 1 is 1.33 bits per heavy atom. The van der Waals surface area contributed by atoms with Gasteiger partial charge in [-0.1, -0.05) is 0 Å². The van der Waals surface area contributed by atoms with Crippen molar-refractivity contribution in [2.75, 3.05) is 18.6 Å². The zero-order valence-corrected chi connectivity index (χ0v) is 12.1. The van der Waals surface area contributed by atoms with Crippen LogP contribution in [0.3, 0.4) is 0 Å². The molecule has 0 saturated carbocycles. The first-order chi connectivity index (χ1) is 8.33. The van der Waals surface area contributed by atoms with Gasteiger partial charge in [-0.25, -0.2) is 4.79 Å². The van der Waals surface area contributed by atoms with E-state index in [4.69, 9.17) is 9.47 Å². The maximum absolute atomic E-state index is 11.7. The zero-order chi connectivity index (χ0) is 13.8. The third kappa shape index (κ3) is 4.76. The van der Waals surface area contributed by atoms with Gasteiger partial charge in [0, 0.05) is 11.8 Å². The fourth-order valence-electron chi connectivity index (χ4n) is 1.75. The highest BCUT2D eigenvalue weighted by molar-refractivity contribution is 7.99. The SMILES string of the molecule is COC(=O)[C@@H]1CSCC[C@@H]1NC(=O)OC(C)(C)C. The molecule has 0 radical (unpaired) electrons. The molecule has 1 saturated heterocycles. The Bertz CT molecular complexity index is 314. The molecule has 0 aromatic rings. The first kappa shape index (κ1) is 15.1. The summed E-state index contributed by atoms with van der Waals surface area (Å²) < 4.78 is 9.95. The van der Waals surface area contributed by atoms with Gasteiger partial charge in [0.05, 0.1) is 13.0 Å². The van der Waals surface area contributed by atoms with Crippen LogP contribution >= 0.6 is 11.8 Å². The van der Waals surface area contributed by atoms with Gasteiger partial charge in [-0.2, -0.15) is 11.8 Å². The van der Waals surface area contributed by atoms with Crippen molar-refractivity contribution in [1.29, 1.82) is 0 Å². The molecule has 1 aliphatic rings. The number of hydrogen-bond donors (Lipinski definition) is 1. The molecule has 6 heteroatoms. The second-order valence-electron chi connectivity index (χ2n) is 5.25. The molecule has 0 bridgehead atoms. The molecule has 1 rings (SSSR count). The average Bonchev–Trinajstić information content (AvgIpc) is 2.26. The quantitative estimate of drug-likeness (QED) is 0.779. The lowest BCUT2D eigenvalue weighted by molar-refractivity contribution is -0.145. The summed E-state index contributed by atoms with van der Waals surface area (Å²) >= 11 is 1.70. The Balaban J connectivity index is 2.57. The van der Waals surface area contributed by atoms with E-state index in [0.29, 0.717) is 5.75 Å². The minimum absolute atomic E-state index is 0.200. The van der Waals surface area contributed by atoms with Crippen LogP contribution in [0.5, 0.6) is 0 Å². The van der Waals surface area contributed by atoms with Gasteiger partial charge in [0.2, 0.25) is 0 Å². The van der Waals surface area contributed by atoms with Crippen molar-refractivity contribution in [3.05, 3.63) is 0 Å². The Hall–Kier alpha value is -0.910. The number of hydrogen-bond acceptors (Lipinski definition) is 5. The largest absolute Gasteiger partial charge is 0.469 e. The van der Waals surface area contributed by atoms with Gasteiger partial charge in [-0.05, 0) is 32.9 Å². The minimum atomic E-state index is -0.533. The summed E-state index contributed by atoms with van der Waals surface area (Å²) in [7, 11) is 1.37. The van der Waals surface area contributed by atoms with Gasteiger partial charge in [-0.3, -0.25) is 4.79 Å². The van der Waals surface area contributed by atoms with E-state index in [-0.39, 0.29) is 17.9 Å². The Morgan fingerprint density at radius 3 is 2.56 bits per heavy atom. The van der Waals surface area contributed by atoms with E-state index in [9.17, 15) is 9.59 Å². The molecule has 0 spiro atoms. The van der Waals surface area contributed by atoms with Crippen molar-refractivity contribution < 1.29 is 19.1 Å². The van der Waals surface area contributed by atoms with E-state index in [0.717, 1.165) is 12.2 Å². The third-order valence-corrected chi connectivity index (χ3v) is 3.68. The Labute approximate surface area is 112 Å². The minimum Gasteiger partial charge on any atom is -0.469 e. The van der Waals surface area contributed by atoms with Crippen molar-refractivity contribution >= 4 is 23.8 Å². The van der Waals surface area contributed by atoms with Crippen molar-refractivity contribution in [3.8, 4) is 0 Å². The summed E-state index contributed by atoms with van der Waals surface area (Å²) in [6.45, 7) is 5.42. The van der Waals surface area contributed by atoms with Crippen LogP contribution in [0.15, 0.2) is 0 Å². The van der Waals surface area contributed by atoms with Crippen LogP contribution < -0.4 is 5.32 Å². The molecule has 1 aliphatic heterocycles. The third-order valence-electron chi connectivity index (χ3n) is 2.56. The monoisotopic (exact) mass is 275 g/mol. The van der Waals surface area contributed by atoms with Crippen LogP contribution in [-0.2, 0) is 14.3 Å². The number of amides is 1. The number of carbonyl (C=O) groups is 2. The van der Waals surface area contributed by atoms with E-state index < -0.39 is 11.7 Å². The van der Waals surface area contributed by atoms with Gasteiger partial charge in [0.15, 0.2) is 0 Å². The number of carbonyl (C=O) groups excluding carboxylic acids is 2. The Kier molecular flexibility index (Phi) is 5.31. The lowest BCUT2D eigenvalue weighted by Gasteiger charge is -2.30. The molecular weight excluding hydrogens is 254 g/mol. The van der Waals surface area contributed by atoms with E-state index >= 15 is 0 Å². The summed E-state index contributed by atoms with van der Waals surface area (Å²) in [5.41, 5.74) is -0.533. The molecular formula is C12H21NO4S. The standard InChI is InChI=1S/C12H21NO4S/c1-12(2,3)17-11(15)13-9-5-6-18-7-8(9)10(14)16-4/h8-9H,5-7H2,1-4H3,(H,13,15)/t8-,9+/m1/s1. The van der Waals surface area contributed by atoms with Crippen molar-refractivity contribution in [3.63, 3.8) is 0 Å². The number of alkyl carbamates (subject to hydrolysis) is 1. The van der Waals surface area contributed by atoms with Gasteiger partial charge >= 0.3 is 12.1 Å². The summed E-state index contributed by atoms with van der Waals surface area (Å²) in [4.78, 5) is 23.3.